The summed E-state index contributed by atoms with van der Waals surface area (Å²) in [6.07, 6.45) is 0. The summed E-state index contributed by atoms with van der Waals surface area (Å²) in [4.78, 5) is 0. The van der Waals surface area contributed by atoms with Gasteiger partial charge in [0, 0.05) is 13.6 Å². The van der Waals surface area contributed by atoms with Gasteiger partial charge in [-0.05, 0) is 6.92 Å². The predicted molar refractivity (Wildman–Crippen MR) is 50.2 cm³/mol. The van der Waals surface area contributed by atoms with Crippen LogP contribution in [0.3, 0.4) is 0 Å². The van der Waals surface area contributed by atoms with Crippen molar-refractivity contribution in [2.75, 3.05) is 18.3 Å². The van der Waals surface area contributed by atoms with Crippen LogP contribution >= 0.6 is 15.9 Å². The second-order valence-corrected chi connectivity index (χ2v) is 5.81. The Morgan fingerprint density at radius 1 is 1.64 bits per heavy atom. The van der Waals surface area contributed by atoms with Crippen LogP contribution in [-0.2, 0) is 10.0 Å². The normalized spacial score (nSPS) is 12.0. The monoisotopic (exact) mass is 241 g/mol. The fourth-order valence-electron chi connectivity index (χ4n) is 0.562. The maximum atomic E-state index is 11.1. The quantitative estimate of drug-likeness (QED) is 0.548. The lowest BCUT2D eigenvalue weighted by Gasteiger charge is -2.14. The molecule has 5 heteroatoms. The summed E-state index contributed by atoms with van der Waals surface area (Å²) < 4.78 is 23.4. The van der Waals surface area contributed by atoms with Crippen LogP contribution in [0.1, 0.15) is 6.92 Å². The van der Waals surface area contributed by atoms with Gasteiger partial charge in [-0.25, -0.2) is 12.7 Å². The molecule has 0 atom stereocenters. The lowest BCUT2D eigenvalue weighted by Crippen LogP contribution is -2.28. The van der Waals surface area contributed by atoms with Crippen molar-refractivity contribution in [2.45, 2.75) is 6.92 Å². The lowest BCUT2D eigenvalue weighted by molar-refractivity contribution is 0.498. The molecule has 0 saturated heterocycles. The number of rotatable bonds is 4. The molecule has 0 rings (SSSR count). The van der Waals surface area contributed by atoms with E-state index in [0.717, 1.165) is 5.57 Å². The van der Waals surface area contributed by atoms with Gasteiger partial charge in [-0.3, -0.25) is 0 Å². The smallest absolute Gasteiger partial charge is 0.211 e. The van der Waals surface area contributed by atoms with Crippen molar-refractivity contribution in [1.29, 1.82) is 0 Å². The predicted octanol–water partition coefficient (Wildman–Crippen LogP) is 1.18. The standard InChI is InChI=1S/C6H12BrNO2S/c1-6(2)4-8(3)11(9,10)5-7/h1,4-5H2,2-3H3. The summed E-state index contributed by atoms with van der Waals surface area (Å²) in [5, 5.41) is 0. The zero-order valence-corrected chi connectivity index (χ0v) is 9.07. The summed E-state index contributed by atoms with van der Waals surface area (Å²) >= 11 is 2.90. The zero-order valence-electron chi connectivity index (χ0n) is 6.67. The van der Waals surface area contributed by atoms with Gasteiger partial charge in [0.25, 0.3) is 0 Å². The molecular weight excluding hydrogens is 230 g/mol. The van der Waals surface area contributed by atoms with E-state index in [0.29, 0.717) is 6.54 Å². The third kappa shape index (κ3) is 3.88. The van der Waals surface area contributed by atoms with Gasteiger partial charge in [-0.1, -0.05) is 28.1 Å². The molecule has 11 heavy (non-hydrogen) atoms. The molecule has 66 valence electrons. The molecule has 0 aromatic carbocycles. The molecule has 0 fully saturated rings. The fourth-order valence-corrected chi connectivity index (χ4v) is 2.19. The van der Waals surface area contributed by atoms with Crippen molar-refractivity contribution < 1.29 is 8.42 Å². The van der Waals surface area contributed by atoms with E-state index >= 15 is 0 Å². The van der Waals surface area contributed by atoms with Crippen molar-refractivity contribution in [2.24, 2.45) is 0 Å². The Kier molecular flexibility index (Phi) is 4.28. The van der Waals surface area contributed by atoms with E-state index < -0.39 is 10.0 Å². The highest BCUT2D eigenvalue weighted by Crippen LogP contribution is 2.03. The van der Waals surface area contributed by atoms with E-state index in [1.165, 1.54) is 11.4 Å². The van der Waals surface area contributed by atoms with E-state index in [4.69, 9.17) is 0 Å². The first-order valence-electron chi connectivity index (χ1n) is 3.04. The molecule has 0 spiro atoms. The zero-order chi connectivity index (χ0) is 9.07. The van der Waals surface area contributed by atoms with Crippen LogP contribution < -0.4 is 0 Å². The molecule has 0 aliphatic carbocycles. The fraction of sp³-hybridized carbons (Fsp3) is 0.667. The first-order chi connectivity index (χ1) is 4.90. The lowest BCUT2D eigenvalue weighted by atomic mass is 10.4. The summed E-state index contributed by atoms with van der Waals surface area (Å²) in [6, 6.07) is 0. The number of likely N-dealkylation sites (N-methyl/N-ethyl adjacent to an activating group) is 1. The Balaban J connectivity index is 4.26. The van der Waals surface area contributed by atoms with Crippen molar-refractivity contribution in [3.05, 3.63) is 12.2 Å². The van der Waals surface area contributed by atoms with Crippen LogP contribution in [0.5, 0.6) is 0 Å². The third-order valence-corrected chi connectivity index (χ3v) is 4.20. The minimum Gasteiger partial charge on any atom is -0.211 e. The van der Waals surface area contributed by atoms with Crippen LogP contribution in [0.2, 0.25) is 0 Å². The summed E-state index contributed by atoms with van der Waals surface area (Å²) in [5.41, 5.74) is 0.831. The SMILES string of the molecule is C=C(C)CN(C)S(=O)(=O)CBr. The molecule has 0 aromatic rings. The average molecular weight is 242 g/mol. The summed E-state index contributed by atoms with van der Waals surface area (Å²) in [7, 11) is -1.57. The van der Waals surface area contributed by atoms with Gasteiger partial charge in [0.15, 0.2) is 0 Å². The minimum atomic E-state index is -3.10. The van der Waals surface area contributed by atoms with Crippen molar-refractivity contribution in [1.82, 2.24) is 4.31 Å². The molecule has 0 aliphatic rings. The molecule has 0 heterocycles. The number of nitrogens with zero attached hydrogens (tertiary/aromatic N) is 1. The summed E-state index contributed by atoms with van der Waals surface area (Å²) in [6.45, 7) is 5.80. The van der Waals surface area contributed by atoms with E-state index in [1.54, 1.807) is 6.92 Å². The van der Waals surface area contributed by atoms with Crippen molar-refractivity contribution in [3.63, 3.8) is 0 Å². The minimum absolute atomic E-state index is 0.0379. The van der Waals surface area contributed by atoms with E-state index in [-0.39, 0.29) is 4.66 Å². The Labute approximate surface area is 76.3 Å². The Morgan fingerprint density at radius 3 is 2.36 bits per heavy atom. The largest absolute Gasteiger partial charge is 0.224 e. The molecule has 0 N–H and O–H groups in total. The van der Waals surface area contributed by atoms with Gasteiger partial charge in [0.1, 0.15) is 4.66 Å². The average Bonchev–Trinajstić information content (AvgIpc) is 1.86. The van der Waals surface area contributed by atoms with Crippen LogP contribution in [0.4, 0.5) is 0 Å². The summed E-state index contributed by atoms with van der Waals surface area (Å²) in [5.74, 6) is 0. The topological polar surface area (TPSA) is 37.4 Å². The highest BCUT2D eigenvalue weighted by Gasteiger charge is 2.14. The Bertz CT molecular complexity index is 235. The molecular formula is C6H12BrNO2S. The molecule has 0 aromatic heterocycles. The van der Waals surface area contributed by atoms with Gasteiger partial charge in [-0.15, -0.1) is 0 Å². The van der Waals surface area contributed by atoms with Crippen LogP contribution in [0.25, 0.3) is 0 Å². The first-order valence-corrected chi connectivity index (χ1v) is 5.77. The van der Waals surface area contributed by atoms with Gasteiger partial charge in [0.05, 0.1) is 0 Å². The van der Waals surface area contributed by atoms with Gasteiger partial charge in [-0.2, -0.15) is 0 Å². The Morgan fingerprint density at radius 2 is 2.09 bits per heavy atom. The first kappa shape index (κ1) is 11.1. The molecule has 0 radical (unpaired) electrons. The number of sulfonamides is 1. The highest BCUT2D eigenvalue weighted by atomic mass is 79.9. The van der Waals surface area contributed by atoms with E-state index in [9.17, 15) is 8.42 Å². The maximum absolute atomic E-state index is 11.1. The van der Waals surface area contributed by atoms with E-state index in [2.05, 4.69) is 22.5 Å². The van der Waals surface area contributed by atoms with Crippen molar-refractivity contribution >= 4 is 26.0 Å². The molecule has 0 unspecified atom stereocenters. The van der Waals surface area contributed by atoms with E-state index in [1.807, 2.05) is 0 Å². The van der Waals surface area contributed by atoms with Crippen LogP contribution in [0, 0.1) is 0 Å². The van der Waals surface area contributed by atoms with Gasteiger partial charge >= 0.3 is 0 Å². The third-order valence-electron chi connectivity index (χ3n) is 1.11. The highest BCUT2D eigenvalue weighted by molar-refractivity contribution is 9.10. The molecule has 0 saturated carbocycles. The number of hydrogen-bond acceptors (Lipinski definition) is 2. The number of halogens is 1. The van der Waals surface area contributed by atoms with Gasteiger partial charge in [0.2, 0.25) is 10.0 Å². The molecule has 0 bridgehead atoms. The second-order valence-electron chi connectivity index (χ2n) is 2.43. The Hall–Kier alpha value is 0.130. The second kappa shape index (κ2) is 4.23. The molecule has 0 aliphatic heterocycles. The number of hydrogen-bond donors (Lipinski definition) is 0. The molecule has 3 nitrogen and oxygen atoms in total. The van der Waals surface area contributed by atoms with Crippen molar-refractivity contribution in [3.8, 4) is 0 Å². The van der Waals surface area contributed by atoms with Crippen LogP contribution in [-0.4, -0.2) is 31.0 Å². The number of alkyl halides is 1. The van der Waals surface area contributed by atoms with Crippen LogP contribution in [0.15, 0.2) is 12.2 Å². The maximum Gasteiger partial charge on any atom is 0.224 e. The molecule has 0 amide bonds. The van der Waals surface area contributed by atoms with Gasteiger partial charge < -0.3 is 0 Å².